The van der Waals surface area contributed by atoms with Crippen molar-refractivity contribution >= 4 is 33.4 Å². The highest BCUT2D eigenvalue weighted by molar-refractivity contribution is 7.92. The molecule has 0 aliphatic carbocycles. The molecule has 1 heterocycles. The van der Waals surface area contributed by atoms with Crippen LogP contribution in [-0.2, 0) is 10.0 Å². The van der Waals surface area contributed by atoms with Crippen LogP contribution in [0.3, 0.4) is 0 Å². The maximum Gasteiger partial charge on any atom is 0.335 e. The summed E-state index contributed by atoms with van der Waals surface area (Å²) in [5, 5.41) is 8.95. The molecule has 0 unspecified atom stereocenters. The number of pyridine rings is 1. The number of aromatic carboxylic acids is 1. The summed E-state index contributed by atoms with van der Waals surface area (Å²) in [7, 11) is -3.94. The lowest BCUT2D eigenvalue weighted by Crippen LogP contribution is -2.15. The van der Waals surface area contributed by atoms with E-state index >= 15 is 0 Å². The fourth-order valence-corrected chi connectivity index (χ4v) is 3.24. The van der Waals surface area contributed by atoms with E-state index in [0.29, 0.717) is 0 Å². The molecule has 0 aliphatic heterocycles. The van der Waals surface area contributed by atoms with Gasteiger partial charge in [0.1, 0.15) is 10.7 Å². The quantitative estimate of drug-likeness (QED) is 0.900. The Morgan fingerprint density at radius 2 is 2.00 bits per heavy atom. The van der Waals surface area contributed by atoms with Crippen molar-refractivity contribution in [2.24, 2.45) is 0 Å². The molecule has 0 spiro atoms. The summed E-state index contributed by atoms with van der Waals surface area (Å²) in [6.07, 6.45) is 1.21. The van der Waals surface area contributed by atoms with Gasteiger partial charge in [-0.1, -0.05) is 17.7 Å². The fourth-order valence-electron chi connectivity index (χ4n) is 1.64. The molecule has 2 N–H and O–H groups in total. The van der Waals surface area contributed by atoms with Crippen LogP contribution >= 0.6 is 11.6 Å². The van der Waals surface area contributed by atoms with Crippen molar-refractivity contribution < 1.29 is 18.3 Å². The summed E-state index contributed by atoms with van der Waals surface area (Å²) >= 11 is 5.93. The minimum absolute atomic E-state index is 0.0716. The molecule has 8 heteroatoms. The first-order chi connectivity index (χ1) is 9.79. The second kappa shape index (κ2) is 5.71. The summed E-state index contributed by atoms with van der Waals surface area (Å²) < 4.78 is 26.7. The number of anilines is 1. The van der Waals surface area contributed by atoms with E-state index in [1.807, 2.05) is 0 Å². The molecular weight excluding hydrogens is 316 g/mol. The third-order valence-corrected chi connectivity index (χ3v) is 4.46. The van der Waals surface area contributed by atoms with Gasteiger partial charge in [-0.25, -0.2) is 18.2 Å². The molecule has 2 aromatic rings. The number of benzene rings is 1. The molecule has 0 aliphatic rings. The first kappa shape index (κ1) is 15.3. The maximum atomic E-state index is 12.2. The lowest BCUT2D eigenvalue weighted by molar-refractivity contribution is 0.0697. The average molecular weight is 327 g/mol. The monoisotopic (exact) mass is 326 g/mol. The highest BCUT2D eigenvalue weighted by atomic mass is 35.5. The Bertz CT molecular complexity index is 806. The van der Waals surface area contributed by atoms with Gasteiger partial charge in [0.2, 0.25) is 0 Å². The van der Waals surface area contributed by atoms with Crippen LogP contribution in [0.25, 0.3) is 0 Å². The Labute approximate surface area is 126 Å². The number of aromatic nitrogens is 1. The second-order valence-electron chi connectivity index (χ2n) is 4.27. The highest BCUT2D eigenvalue weighted by Gasteiger charge is 2.19. The van der Waals surface area contributed by atoms with E-state index in [2.05, 4.69) is 9.71 Å². The van der Waals surface area contributed by atoms with E-state index < -0.39 is 16.0 Å². The van der Waals surface area contributed by atoms with Crippen molar-refractivity contribution in [3.05, 3.63) is 52.7 Å². The normalized spacial score (nSPS) is 11.1. The first-order valence-corrected chi connectivity index (χ1v) is 7.64. The molecule has 1 aromatic carbocycles. The predicted molar refractivity (Wildman–Crippen MR) is 78.2 cm³/mol. The van der Waals surface area contributed by atoms with E-state index in [-0.39, 0.29) is 21.3 Å². The SMILES string of the molecule is Cc1ccc(S(=O)(=O)Nc2cc(C(=O)O)ccn2)c(Cl)c1. The number of carboxylic acid groups (broad SMARTS) is 1. The molecule has 0 saturated carbocycles. The minimum atomic E-state index is -3.94. The average Bonchev–Trinajstić information content (AvgIpc) is 2.37. The van der Waals surface area contributed by atoms with Gasteiger partial charge >= 0.3 is 5.97 Å². The molecule has 0 radical (unpaired) electrons. The van der Waals surface area contributed by atoms with Crippen molar-refractivity contribution in [1.82, 2.24) is 4.98 Å². The summed E-state index contributed by atoms with van der Waals surface area (Å²) in [4.78, 5) is 14.5. The van der Waals surface area contributed by atoms with Crippen molar-refractivity contribution in [3.63, 3.8) is 0 Å². The number of carboxylic acids is 1. The van der Waals surface area contributed by atoms with Crippen LogP contribution in [0.5, 0.6) is 0 Å². The number of aryl methyl sites for hydroxylation is 1. The Kier molecular flexibility index (Phi) is 4.15. The Morgan fingerprint density at radius 1 is 1.29 bits per heavy atom. The van der Waals surface area contributed by atoms with Crippen LogP contribution in [0, 0.1) is 6.92 Å². The predicted octanol–water partition coefficient (Wildman–Crippen LogP) is 2.54. The van der Waals surface area contributed by atoms with Crippen molar-refractivity contribution in [2.75, 3.05) is 4.72 Å². The van der Waals surface area contributed by atoms with Gasteiger partial charge in [-0.2, -0.15) is 0 Å². The summed E-state index contributed by atoms with van der Waals surface area (Å²) in [6.45, 7) is 1.79. The third-order valence-electron chi connectivity index (χ3n) is 2.62. The van der Waals surface area contributed by atoms with Crippen LogP contribution in [0.2, 0.25) is 5.02 Å². The van der Waals surface area contributed by atoms with Crippen molar-refractivity contribution in [3.8, 4) is 0 Å². The molecule has 6 nitrogen and oxygen atoms in total. The zero-order valence-electron chi connectivity index (χ0n) is 10.9. The number of nitrogens with one attached hydrogen (secondary N) is 1. The first-order valence-electron chi connectivity index (χ1n) is 5.78. The number of sulfonamides is 1. The molecule has 0 saturated heterocycles. The van der Waals surface area contributed by atoms with Crippen molar-refractivity contribution in [2.45, 2.75) is 11.8 Å². The molecule has 0 amide bonds. The number of nitrogens with zero attached hydrogens (tertiary/aromatic N) is 1. The molecule has 0 atom stereocenters. The van der Waals surface area contributed by atoms with E-state index in [4.69, 9.17) is 16.7 Å². The van der Waals surface area contributed by atoms with E-state index in [1.165, 1.54) is 24.4 Å². The fraction of sp³-hybridized carbons (Fsp3) is 0.0769. The van der Waals surface area contributed by atoms with Gasteiger partial charge in [0.25, 0.3) is 10.0 Å². The summed E-state index contributed by atoms with van der Waals surface area (Å²) in [5.74, 6) is -1.27. The zero-order chi connectivity index (χ0) is 15.6. The molecule has 1 aromatic heterocycles. The van der Waals surface area contributed by atoms with Gasteiger partial charge in [-0.15, -0.1) is 0 Å². The van der Waals surface area contributed by atoms with Gasteiger partial charge in [-0.05, 0) is 36.8 Å². The van der Waals surface area contributed by atoms with Crippen LogP contribution in [-0.4, -0.2) is 24.5 Å². The largest absolute Gasteiger partial charge is 0.478 e. The minimum Gasteiger partial charge on any atom is -0.478 e. The van der Waals surface area contributed by atoms with Crippen LogP contribution < -0.4 is 4.72 Å². The molecular formula is C13H11ClN2O4S. The van der Waals surface area contributed by atoms with Crippen LogP contribution in [0.15, 0.2) is 41.4 Å². The van der Waals surface area contributed by atoms with Gasteiger partial charge in [0, 0.05) is 6.20 Å². The van der Waals surface area contributed by atoms with Crippen molar-refractivity contribution in [1.29, 1.82) is 0 Å². The lowest BCUT2D eigenvalue weighted by atomic mass is 10.2. The van der Waals surface area contributed by atoms with E-state index in [0.717, 1.165) is 11.6 Å². The molecule has 110 valence electrons. The number of carbonyl (C=O) groups is 1. The Morgan fingerprint density at radius 3 is 2.62 bits per heavy atom. The molecule has 21 heavy (non-hydrogen) atoms. The molecule has 0 fully saturated rings. The third kappa shape index (κ3) is 3.50. The van der Waals surface area contributed by atoms with Gasteiger partial charge in [-0.3, -0.25) is 4.72 Å². The van der Waals surface area contributed by atoms with Gasteiger partial charge in [0.15, 0.2) is 0 Å². The second-order valence-corrected chi connectivity index (χ2v) is 6.33. The van der Waals surface area contributed by atoms with Gasteiger partial charge in [0.05, 0.1) is 10.6 Å². The Balaban J connectivity index is 2.37. The number of hydrogen-bond acceptors (Lipinski definition) is 4. The Hall–Kier alpha value is -2.12. The smallest absolute Gasteiger partial charge is 0.335 e. The zero-order valence-corrected chi connectivity index (χ0v) is 12.4. The standard InChI is InChI=1S/C13H11ClN2O4S/c1-8-2-3-11(10(14)6-8)21(19,20)16-12-7-9(13(17)18)4-5-15-12/h2-7H,1H3,(H,15,16)(H,17,18). The number of hydrogen-bond donors (Lipinski definition) is 2. The molecule has 2 rings (SSSR count). The highest BCUT2D eigenvalue weighted by Crippen LogP contribution is 2.24. The summed E-state index contributed by atoms with van der Waals surface area (Å²) in [5.41, 5.74) is 0.752. The molecule has 0 bridgehead atoms. The maximum absolute atomic E-state index is 12.2. The van der Waals surface area contributed by atoms with Gasteiger partial charge < -0.3 is 5.11 Å². The summed E-state index contributed by atoms with van der Waals surface area (Å²) in [6, 6.07) is 6.90. The topological polar surface area (TPSA) is 96.4 Å². The van der Waals surface area contributed by atoms with Crippen LogP contribution in [0.1, 0.15) is 15.9 Å². The number of halogens is 1. The van der Waals surface area contributed by atoms with E-state index in [1.54, 1.807) is 13.0 Å². The number of rotatable bonds is 4. The van der Waals surface area contributed by atoms with E-state index in [9.17, 15) is 13.2 Å². The lowest BCUT2D eigenvalue weighted by Gasteiger charge is -2.09. The van der Waals surface area contributed by atoms with Crippen LogP contribution in [0.4, 0.5) is 5.82 Å².